The van der Waals surface area contributed by atoms with Crippen molar-refractivity contribution in [2.45, 2.75) is 19.1 Å². The third-order valence-corrected chi connectivity index (χ3v) is 4.95. The molecule has 1 aromatic carbocycles. The highest BCUT2D eigenvalue weighted by Gasteiger charge is 2.25. The van der Waals surface area contributed by atoms with Crippen molar-refractivity contribution in [3.63, 3.8) is 0 Å². The molecule has 1 heterocycles. The van der Waals surface area contributed by atoms with Crippen LogP contribution in [0, 0.1) is 6.92 Å². The maximum Gasteiger partial charge on any atom is 0.221 e. The predicted octanol–water partition coefficient (Wildman–Crippen LogP) is 0.647. The molecule has 1 fully saturated rings. The highest BCUT2D eigenvalue weighted by Crippen LogP contribution is 2.13. The molecular formula is C13H18N2O3S. The smallest absolute Gasteiger partial charge is 0.221 e. The minimum absolute atomic E-state index is 0.0110. The highest BCUT2D eigenvalue weighted by molar-refractivity contribution is 7.88. The summed E-state index contributed by atoms with van der Waals surface area (Å²) in [5.74, 6) is -0.101. The molecule has 5 nitrogen and oxygen atoms in total. The Balaban J connectivity index is 2.11. The summed E-state index contributed by atoms with van der Waals surface area (Å²) in [5, 5.41) is 2.67. The maximum absolute atomic E-state index is 12.3. The van der Waals surface area contributed by atoms with Gasteiger partial charge in [0.05, 0.1) is 5.75 Å². The first-order valence-corrected chi connectivity index (χ1v) is 7.88. The van der Waals surface area contributed by atoms with Gasteiger partial charge in [-0.2, -0.15) is 4.31 Å². The average Bonchev–Trinajstić information content (AvgIpc) is 2.54. The van der Waals surface area contributed by atoms with Gasteiger partial charge >= 0.3 is 0 Å². The third kappa shape index (κ3) is 3.78. The minimum Gasteiger partial charge on any atom is -0.355 e. The van der Waals surface area contributed by atoms with Crippen LogP contribution in [0.3, 0.4) is 0 Å². The highest BCUT2D eigenvalue weighted by atomic mass is 32.2. The Bertz CT molecular complexity index is 569. The molecule has 0 aromatic heterocycles. The van der Waals surface area contributed by atoms with Crippen molar-refractivity contribution in [1.82, 2.24) is 9.62 Å². The zero-order chi connectivity index (χ0) is 13.9. The van der Waals surface area contributed by atoms with Gasteiger partial charge in [0.2, 0.25) is 15.9 Å². The summed E-state index contributed by atoms with van der Waals surface area (Å²) < 4.78 is 26.0. The summed E-state index contributed by atoms with van der Waals surface area (Å²) in [6.45, 7) is 2.93. The molecule has 0 saturated carbocycles. The Morgan fingerprint density at radius 2 is 2.11 bits per heavy atom. The van der Waals surface area contributed by atoms with Crippen molar-refractivity contribution < 1.29 is 13.2 Å². The largest absolute Gasteiger partial charge is 0.355 e. The number of hydrogen-bond donors (Lipinski definition) is 1. The molecule has 2 rings (SSSR count). The van der Waals surface area contributed by atoms with Crippen LogP contribution in [-0.4, -0.2) is 38.3 Å². The summed E-state index contributed by atoms with van der Waals surface area (Å²) in [4.78, 5) is 11.2. The van der Waals surface area contributed by atoms with E-state index in [2.05, 4.69) is 5.32 Å². The van der Waals surface area contributed by atoms with Gasteiger partial charge in [-0.15, -0.1) is 0 Å². The standard InChI is InChI=1S/C13H18N2O3S/c1-11-3-2-4-12(9-11)10-19(17,18)15-7-5-13(16)14-6-8-15/h2-4,9H,5-8,10H2,1H3,(H,14,16). The number of sulfonamides is 1. The monoisotopic (exact) mass is 282 g/mol. The molecule has 0 unspecified atom stereocenters. The van der Waals surface area contributed by atoms with Crippen LogP contribution in [0.4, 0.5) is 0 Å². The summed E-state index contributed by atoms with van der Waals surface area (Å²) in [5.41, 5.74) is 1.82. The topological polar surface area (TPSA) is 66.5 Å². The van der Waals surface area contributed by atoms with Gasteiger partial charge in [0.15, 0.2) is 0 Å². The quantitative estimate of drug-likeness (QED) is 0.885. The van der Waals surface area contributed by atoms with E-state index in [1.54, 1.807) is 0 Å². The molecule has 0 atom stereocenters. The molecule has 0 spiro atoms. The lowest BCUT2D eigenvalue weighted by molar-refractivity contribution is -0.120. The van der Waals surface area contributed by atoms with E-state index in [1.165, 1.54) is 4.31 Å². The van der Waals surface area contributed by atoms with Crippen molar-refractivity contribution >= 4 is 15.9 Å². The minimum atomic E-state index is -3.36. The van der Waals surface area contributed by atoms with Crippen LogP contribution in [-0.2, 0) is 20.6 Å². The van der Waals surface area contributed by atoms with E-state index in [0.717, 1.165) is 11.1 Å². The van der Waals surface area contributed by atoms with Crippen molar-refractivity contribution in [2.75, 3.05) is 19.6 Å². The molecule has 1 N–H and O–H groups in total. The normalized spacial score (nSPS) is 17.8. The fourth-order valence-corrected chi connectivity index (χ4v) is 3.65. The summed E-state index contributed by atoms with van der Waals surface area (Å²) in [7, 11) is -3.36. The second kappa shape index (κ2) is 5.71. The fourth-order valence-electron chi connectivity index (χ4n) is 2.13. The lowest BCUT2D eigenvalue weighted by atomic mass is 10.2. The van der Waals surface area contributed by atoms with Gasteiger partial charge in [0.25, 0.3) is 0 Å². The predicted molar refractivity (Wildman–Crippen MR) is 73.0 cm³/mol. The van der Waals surface area contributed by atoms with E-state index >= 15 is 0 Å². The number of rotatable bonds is 3. The lowest BCUT2D eigenvalue weighted by Gasteiger charge is -2.19. The number of benzene rings is 1. The molecule has 1 aliphatic rings. The van der Waals surface area contributed by atoms with Gasteiger partial charge in [-0.3, -0.25) is 4.79 Å². The molecule has 0 aliphatic carbocycles. The van der Waals surface area contributed by atoms with Crippen molar-refractivity contribution in [2.24, 2.45) is 0 Å². The van der Waals surface area contributed by atoms with Crippen LogP contribution >= 0.6 is 0 Å². The van der Waals surface area contributed by atoms with Crippen molar-refractivity contribution in [3.8, 4) is 0 Å². The van der Waals surface area contributed by atoms with Crippen LogP contribution in [0.15, 0.2) is 24.3 Å². The van der Waals surface area contributed by atoms with Crippen LogP contribution in [0.2, 0.25) is 0 Å². The Kier molecular flexibility index (Phi) is 4.21. The number of carbonyl (C=O) groups excluding carboxylic acids is 1. The van der Waals surface area contributed by atoms with E-state index in [4.69, 9.17) is 0 Å². The second-order valence-electron chi connectivity index (χ2n) is 4.74. The molecule has 6 heteroatoms. The van der Waals surface area contributed by atoms with Crippen molar-refractivity contribution in [3.05, 3.63) is 35.4 Å². The first-order valence-electron chi connectivity index (χ1n) is 6.27. The lowest BCUT2D eigenvalue weighted by Crippen LogP contribution is -2.35. The Morgan fingerprint density at radius 1 is 1.32 bits per heavy atom. The van der Waals surface area contributed by atoms with Crippen molar-refractivity contribution in [1.29, 1.82) is 0 Å². The van der Waals surface area contributed by atoms with E-state index in [-0.39, 0.29) is 24.6 Å². The van der Waals surface area contributed by atoms with Gasteiger partial charge in [0, 0.05) is 26.1 Å². The van der Waals surface area contributed by atoms with Gasteiger partial charge < -0.3 is 5.32 Å². The van der Waals surface area contributed by atoms with Crippen LogP contribution in [0.5, 0.6) is 0 Å². The zero-order valence-corrected chi connectivity index (χ0v) is 11.7. The number of aryl methyl sites for hydroxylation is 1. The molecule has 1 amide bonds. The Labute approximate surface area is 113 Å². The van der Waals surface area contributed by atoms with E-state index in [0.29, 0.717) is 13.1 Å². The molecular weight excluding hydrogens is 264 g/mol. The molecule has 1 aromatic rings. The fraction of sp³-hybridized carbons (Fsp3) is 0.462. The zero-order valence-electron chi connectivity index (χ0n) is 10.9. The summed E-state index contributed by atoms with van der Waals surface area (Å²) >= 11 is 0. The van der Waals surface area contributed by atoms with E-state index in [1.807, 2.05) is 31.2 Å². The van der Waals surface area contributed by atoms with Gasteiger partial charge in [-0.25, -0.2) is 8.42 Å². The van der Waals surface area contributed by atoms with Crippen LogP contribution in [0.1, 0.15) is 17.5 Å². The number of amides is 1. The molecule has 0 radical (unpaired) electrons. The number of hydrogen-bond acceptors (Lipinski definition) is 3. The Hall–Kier alpha value is -1.40. The number of nitrogens with zero attached hydrogens (tertiary/aromatic N) is 1. The third-order valence-electron chi connectivity index (χ3n) is 3.10. The van der Waals surface area contributed by atoms with Gasteiger partial charge in [0.1, 0.15) is 0 Å². The molecule has 104 valence electrons. The summed E-state index contributed by atoms with van der Waals surface area (Å²) in [6.07, 6.45) is 0.229. The van der Waals surface area contributed by atoms with E-state index in [9.17, 15) is 13.2 Å². The first kappa shape index (κ1) is 14.0. The Morgan fingerprint density at radius 3 is 2.84 bits per heavy atom. The average molecular weight is 282 g/mol. The number of carbonyl (C=O) groups is 1. The SMILES string of the molecule is Cc1cccc(CS(=O)(=O)N2CCNC(=O)CC2)c1. The molecule has 1 saturated heterocycles. The van der Waals surface area contributed by atoms with Crippen LogP contribution in [0.25, 0.3) is 0 Å². The van der Waals surface area contributed by atoms with Crippen LogP contribution < -0.4 is 5.32 Å². The number of nitrogens with one attached hydrogen (secondary N) is 1. The van der Waals surface area contributed by atoms with Gasteiger partial charge in [-0.05, 0) is 12.5 Å². The molecule has 1 aliphatic heterocycles. The maximum atomic E-state index is 12.3. The second-order valence-corrected chi connectivity index (χ2v) is 6.71. The molecule has 0 bridgehead atoms. The van der Waals surface area contributed by atoms with E-state index < -0.39 is 10.0 Å². The van der Waals surface area contributed by atoms with Gasteiger partial charge in [-0.1, -0.05) is 29.8 Å². The molecule has 19 heavy (non-hydrogen) atoms. The first-order chi connectivity index (χ1) is 8.97. The summed E-state index contributed by atoms with van der Waals surface area (Å²) in [6, 6.07) is 7.48.